The summed E-state index contributed by atoms with van der Waals surface area (Å²) in [5.41, 5.74) is 13.1. The van der Waals surface area contributed by atoms with E-state index in [1.54, 1.807) is 0 Å². The molecule has 0 heterocycles. The van der Waals surface area contributed by atoms with Crippen molar-refractivity contribution in [2.45, 2.75) is 91.0 Å². The van der Waals surface area contributed by atoms with Gasteiger partial charge in [-0.25, -0.2) is 0 Å². The summed E-state index contributed by atoms with van der Waals surface area (Å²) in [5.74, 6) is 1.71. The SMILES string of the molecule is CC1C=C(c2cc(N(C3=CC=CCC3)c3ccc(C(C)C)cc3)c3ccc4c(C5C=CCC=CC5)cc(N(c5ccccc5)C5C=CC(C(C)C)=CC5)c5ccc2c3c45)C=CC1. The lowest BCUT2D eigenvalue weighted by atomic mass is 9.82. The van der Waals surface area contributed by atoms with Crippen LogP contribution in [0.25, 0.3) is 37.9 Å². The minimum atomic E-state index is 0.177. The molecule has 0 aliphatic heterocycles. The van der Waals surface area contributed by atoms with Crippen molar-refractivity contribution in [1.29, 1.82) is 0 Å². The Morgan fingerprint density at radius 3 is 2.13 bits per heavy atom. The molecule has 3 atom stereocenters. The molecule has 2 nitrogen and oxygen atoms in total. The second kappa shape index (κ2) is 17.0. The minimum absolute atomic E-state index is 0.177. The van der Waals surface area contributed by atoms with E-state index in [4.69, 9.17) is 0 Å². The normalized spacial score (nSPS) is 20.0. The number of nitrogens with zero attached hydrogens (tertiary/aromatic N) is 2. The molecule has 3 unspecified atom stereocenters. The predicted octanol–water partition coefficient (Wildman–Crippen LogP) is 17.1. The van der Waals surface area contributed by atoms with Gasteiger partial charge in [-0.1, -0.05) is 162 Å². The molecule has 6 aromatic rings. The van der Waals surface area contributed by atoms with Gasteiger partial charge in [0.05, 0.1) is 11.7 Å². The van der Waals surface area contributed by atoms with E-state index in [1.807, 2.05) is 0 Å². The maximum atomic E-state index is 2.65. The lowest BCUT2D eigenvalue weighted by Gasteiger charge is -2.36. The van der Waals surface area contributed by atoms with Gasteiger partial charge in [0.1, 0.15) is 0 Å². The van der Waals surface area contributed by atoms with Crippen LogP contribution >= 0.6 is 0 Å². The van der Waals surface area contributed by atoms with E-state index in [2.05, 4.69) is 214 Å². The number of rotatable bonds is 10. The van der Waals surface area contributed by atoms with Gasteiger partial charge in [0.2, 0.25) is 0 Å². The number of hydrogen-bond acceptors (Lipinski definition) is 2. The molecular formula is C60H60N2. The lowest BCUT2D eigenvalue weighted by Crippen LogP contribution is -2.30. The Morgan fingerprint density at radius 1 is 0.629 bits per heavy atom. The third-order valence-electron chi connectivity index (χ3n) is 13.8. The fourth-order valence-electron chi connectivity index (χ4n) is 10.5. The first-order chi connectivity index (χ1) is 30.3. The number of hydrogen-bond donors (Lipinski definition) is 0. The van der Waals surface area contributed by atoms with E-state index in [0.29, 0.717) is 17.8 Å². The van der Waals surface area contributed by atoms with Gasteiger partial charge in [0.25, 0.3) is 0 Å². The Kier molecular flexibility index (Phi) is 10.9. The average Bonchev–Trinajstić information content (AvgIpc) is 3.60. The first kappa shape index (κ1) is 40.0. The van der Waals surface area contributed by atoms with Crippen molar-refractivity contribution < 1.29 is 0 Å². The fourth-order valence-corrected chi connectivity index (χ4v) is 10.5. The third kappa shape index (κ3) is 7.38. The maximum absolute atomic E-state index is 2.65. The largest absolute Gasteiger partial charge is 0.334 e. The highest BCUT2D eigenvalue weighted by atomic mass is 15.2. The topological polar surface area (TPSA) is 6.48 Å². The zero-order valence-electron chi connectivity index (χ0n) is 37.2. The molecule has 0 saturated carbocycles. The smallest absolute Gasteiger partial charge is 0.0560 e. The summed E-state index contributed by atoms with van der Waals surface area (Å²) in [6, 6.07) is 35.6. The summed E-state index contributed by atoms with van der Waals surface area (Å²) < 4.78 is 0. The van der Waals surface area contributed by atoms with Crippen LogP contribution in [0.3, 0.4) is 0 Å². The summed E-state index contributed by atoms with van der Waals surface area (Å²) in [5, 5.41) is 8.03. The molecule has 2 heteroatoms. The summed E-state index contributed by atoms with van der Waals surface area (Å²) >= 11 is 0. The van der Waals surface area contributed by atoms with Crippen molar-refractivity contribution in [3.05, 3.63) is 198 Å². The Balaban J connectivity index is 1.32. The Labute approximate surface area is 369 Å². The van der Waals surface area contributed by atoms with Gasteiger partial charge in [-0.3, -0.25) is 0 Å². The van der Waals surface area contributed by atoms with E-state index >= 15 is 0 Å². The van der Waals surface area contributed by atoms with Gasteiger partial charge in [-0.2, -0.15) is 0 Å². The monoisotopic (exact) mass is 808 g/mol. The third-order valence-corrected chi connectivity index (χ3v) is 13.8. The van der Waals surface area contributed by atoms with Crippen LogP contribution in [0, 0.1) is 11.8 Å². The Hall–Kier alpha value is -6.12. The van der Waals surface area contributed by atoms with E-state index in [1.165, 1.54) is 88.6 Å². The van der Waals surface area contributed by atoms with Crippen molar-refractivity contribution >= 4 is 60.6 Å². The zero-order chi connectivity index (χ0) is 42.3. The molecule has 0 radical (unpaired) electrons. The molecule has 0 aromatic heterocycles. The second-order valence-electron chi connectivity index (χ2n) is 18.6. The maximum Gasteiger partial charge on any atom is 0.0560 e. The molecule has 310 valence electrons. The standard InChI is InChI=1S/C60H60N2/c1-40(2)43-25-29-49(30-26-43)61(47-21-12-8-13-22-47)57-38-55(45-18-10-6-7-11-19-45)51-33-35-54-58(62(48-23-14-9-15-24-48)50-31-27-44(28-32-50)41(3)4)39-56(46-20-16-17-42(5)37-46)52-34-36-53(57)59(51)60(52)54/h6,8-14,16,19-23,25-29,31-42,45,49H,7,15,17-18,24,30H2,1-5H3. The second-order valence-corrected chi connectivity index (χ2v) is 18.6. The van der Waals surface area contributed by atoms with Gasteiger partial charge in [0, 0.05) is 44.8 Å². The summed E-state index contributed by atoms with van der Waals surface area (Å²) in [6.07, 6.45) is 37.1. The highest BCUT2D eigenvalue weighted by molar-refractivity contribution is 6.30. The number of allylic oxidation sites excluding steroid dienone is 14. The first-order valence-electron chi connectivity index (χ1n) is 23.3. The molecule has 0 spiro atoms. The van der Waals surface area contributed by atoms with E-state index in [-0.39, 0.29) is 12.0 Å². The van der Waals surface area contributed by atoms with Crippen LogP contribution in [0.2, 0.25) is 0 Å². The molecule has 10 rings (SSSR count). The van der Waals surface area contributed by atoms with Crippen LogP contribution in [0.1, 0.15) is 102 Å². The first-order valence-corrected chi connectivity index (χ1v) is 23.3. The molecule has 0 fully saturated rings. The molecule has 4 aliphatic carbocycles. The number of benzene rings is 6. The lowest BCUT2D eigenvalue weighted by molar-refractivity contribution is 0.732. The molecule has 4 aliphatic rings. The summed E-state index contributed by atoms with van der Waals surface area (Å²) in [4.78, 5) is 5.23. The van der Waals surface area contributed by atoms with Crippen LogP contribution in [-0.2, 0) is 0 Å². The van der Waals surface area contributed by atoms with Crippen molar-refractivity contribution in [3.63, 3.8) is 0 Å². The quantitative estimate of drug-likeness (QED) is 0.100. The van der Waals surface area contributed by atoms with Crippen molar-refractivity contribution in [1.82, 2.24) is 0 Å². The average molecular weight is 809 g/mol. The molecule has 0 amide bonds. The van der Waals surface area contributed by atoms with Gasteiger partial charge >= 0.3 is 0 Å². The molecule has 0 N–H and O–H groups in total. The Morgan fingerprint density at radius 2 is 1.40 bits per heavy atom. The van der Waals surface area contributed by atoms with Crippen LogP contribution in [0.4, 0.5) is 22.7 Å². The van der Waals surface area contributed by atoms with Gasteiger partial charge < -0.3 is 9.80 Å². The van der Waals surface area contributed by atoms with Gasteiger partial charge in [-0.05, 0) is 143 Å². The molecule has 0 saturated heterocycles. The summed E-state index contributed by atoms with van der Waals surface area (Å²) in [6.45, 7) is 11.5. The zero-order valence-corrected chi connectivity index (χ0v) is 37.2. The van der Waals surface area contributed by atoms with Crippen LogP contribution < -0.4 is 9.80 Å². The summed E-state index contributed by atoms with van der Waals surface area (Å²) in [7, 11) is 0. The molecule has 0 bridgehead atoms. The van der Waals surface area contributed by atoms with Crippen molar-refractivity contribution in [3.8, 4) is 0 Å². The van der Waals surface area contributed by atoms with Gasteiger partial charge in [-0.15, -0.1) is 0 Å². The van der Waals surface area contributed by atoms with Crippen molar-refractivity contribution in [2.75, 3.05) is 9.80 Å². The molecular weight excluding hydrogens is 749 g/mol. The van der Waals surface area contributed by atoms with E-state index < -0.39 is 0 Å². The Bertz CT molecular complexity index is 2870. The fraction of sp³-hybridized carbons (Fsp3) is 0.267. The molecule has 62 heavy (non-hydrogen) atoms. The number of anilines is 4. The van der Waals surface area contributed by atoms with Crippen molar-refractivity contribution in [2.24, 2.45) is 11.8 Å². The van der Waals surface area contributed by atoms with E-state index in [0.717, 1.165) is 38.5 Å². The van der Waals surface area contributed by atoms with Crippen LogP contribution in [-0.4, -0.2) is 6.04 Å². The van der Waals surface area contributed by atoms with Crippen LogP contribution in [0.5, 0.6) is 0 Å². The van der Waals surface area contributed by atoms with E-state index in [9.17, 15) is 0 Å². The van der Waals surface area contributed by atoms with Crippen LogP contribution in [0.15, 0.2) is 181 Å². The molecule has 6 aromatic carbocycles. The highest BCUT2D eigenvalue weighted by Crippen LogP contribution is 2.51. The number of para-hydroxylation sites is 1. The minimum Gasteiger partial charge on any atom is -0.334 e. The predicted molar refractivity (Wildman–Crippen MR) is 269 cm³/mol. The van der Waals surface area contributed by atoms with Gasteiger partial charge in [0.15, 0.2) is 0 Å². The highest BCUT2D eigenvalue weighted by Gasteiger charge is 2.29.